The van der Waals surface area contributed by atoms with Gasteiger partial charge in [-0.15, -0.1) is 0 Å². The van der Waals surface area contributed by atoms with Gasteiger partial charge in [-0.3, -0.25) is 0 Å². The van der Waals surface area contributed by atoms with E-state index < -0.39 is 0 Å². The summed E-state index contributed by atoms with van der Waals surface area (Å²) in [7, 11) is 0. The van der Waals surface area contributed by atoms with Crippen LogP contribution >= 0.6 is 11.8 Å². The molecule has 1 aromatic carbocycles. The van der Waals surface area contributed by atoms with Crippen molar-refractivity contribution in [2.75, 3.05) is 11.5 Å². The van der Waals surface area contributed by atoms with E-state index in [1.807, 2.05) is 11.8 Å². The third-order valence-electron chi connectivity index (χ3n) is 2.42. The lowest BCUT2D eigenvalue weighted by Gasteiger charge is -2.21. The Morgan fingerprint density at radius 2 is 1.88 bits per heavy atom. The molecular formula is C14H23NS. The molecule has 0 saturated heterocycles. The highest BCUT2D eigenvalue weighted by Gasteiger charge is 2.10. The van der Waals surface area contributed by atoms with Gasteiger partial charge < -0.3 is 5.32 Å². The van der Waals surface area contributed by atoms with E-state index in [9.17, 15) is 0 Å². The van der Waals surface area contributed by atoms with E-state index in [0.717, 1.165) is 6.42 Å². The second kappa shape index (κ2) is 7.75. The third-order valence-corrected chi connectivity index (χ3v) is 3.46. The number of thioether (sulfide) groups is 1. The number of nitrogens with one attached hydrogen (secondary N) is 1. The second-order valence-corrected chi connectivity index (χ2v) is 5.69. The summed E-state index contributed by atoms with van der Waals surface area (Å²) in [5, 5.41) is 3.64. The lowest BCUT2D eigenvalue weighted by molar-refractivity contribution is 0.493. The maximum absolute atomic E-state index is 3.64. The van der Waals surface area contributed by atoms with Gasteiger partial charge in [-0.1, -0.05) is 51.1 Å². The van der Waals surface area contributed by atoms with E-state index in [2.05, 4.69) is 56.4 Å². The van der Waals surface area contributed by atoms with Crippen LogP contribution in [0, 0.1) is 0 Å². The molecule has 1 aromatic rings. The normalized spacial score (nSPS) is 13.0. The van der Waals surface area contributed by atoms with Gasteiger partial charge in [0.05, 0.1) is 0 Å². The van der Waals surface area contributed by atoms with Crippen molar-refractivity contribution in [3.8, 4) is 0 Å². The van der Waals surface area contributed by atoms with Gasteiger partial charge in [-0.25, -0.2) is 0 Å². The Kier molecular flexibility index (Phi) is 6.58. The molecule has 2 heteroatoms. The molecule has 0 amide bonds. The van der Waals surface area contributed by atoms with E-state index >= 15 is 0 Å². The van der Waals surface area contributed by atoms with E-state index in [1.54, 1.807) is 0 Å². The molecule has 1 nitrogen and oxygen atoms in total. The minimum atomic E-state index is 0.561. The summed E-state index contributed by atoms with van der Waals surface area (Å²) in [5.74, 6) is 2.40. The van der Waals surface area contributed by atoms with Gasteiger partial charge in [-0.2, -0.15) is 11.8 Å². The van der Waals surface area contributed by atoms with Crippen LogP contribution < -0.4 is 5.32 Å². The first kappa shape index (κ1) is 13.6. The van der Waals surface area contributed by atoms with Crippen LogP contribution in [0.3, 0.4) is 0 Å². The lowest BCUT2D eigenvalue weighted by atomic mass is 10.1. The molecule has 0 unspecified atom stereocenters. The monoisotopic (exact) mass is 237 g/mol. The summed E-state index contributed by atoms with van der Waals surface area (Å²) < 4.78 is 0. The molecule has 0 saturated carbocycles. The zero-order chi connectivity index (χ0) is 11.8. The Balaban J connectivity index is 2.49. The number of rotatable bonds is 7. The van der Waals surface area contributed by atoms with Crippen molar-refractivity contribution in [3.63, 3.8) is 0 Å². The van der Waals surface area contributed by atoms with Crippen molar-refractivity contribution in [3.05, 3.63) is 35.9 Å². The summed E-state index contributed by atoms with van der Waals surface area (Å²) in [5.41, 5.74) is 1.43. The van der Waals surface area contributed by atoms with Crippen molar-refractivity contribution in [1.82, 2.24) is 5.32 Å². The van der Waals surface area contributed by atoms with Crippen LogP contribution in [-0.2, 0) is 6.42 Å². The van der Waals surface area contributed by atoms with Crippen molar-refractivity contribution in [2.45, 2.75) is 39.3 Å². The fourth-order valence-electron chi connectivity index (χ4n) is 1.80. The largest absolute Gasteiger partial charge is 0.311 e. The van der Waals surface area contributed by atoms with Crippen molar-refractivity contribution < 1.29 is 0 Å². The summed E-state index contributed by atoms with van der Waals surface area (Å²) in [6.45, 7) is 6.66. The predicted octanol–water partition coefficient (Wildman–Crippen LogP) is 3.35. The third kappa shape index (κ3) is 5.57. The molecule has 0 aliphatic rings. The minimum absolute atomic E-state index is 0.561. The molecule has 90 valence electrons. The van der Waals surface area contributed by atoms with Crippen LogP contribution in [-0.4, -0.2) is 23.6 Å². The fraction of sp³-hybridized carbons (Fsp3) is 0.571. The van der Waals surface area contributed by atoms with Crippen molar-refractivity contribution in [2.24, 2.45) is 0 Å². The lowest BCUT2D eigenvalue weighted by Crippen LogP contribution is -2.38. The first-order chi connectivity index (χ1) is 7.72. The molecule has 16 heavy (non-hydrogen) atoms. The van der Waals surface area contributed by atoms with Gasteiger partial charge in [0.1, 0.15) is 0 Å². The second-order valence-electron chi connectivity index (χ2n) is 4.37. The average molecular weight is 237 g/mol. The summed E-state index contributed by atoms with van der Waals surface area (Å²) in [6.07, 6.45) is 1.13. The first-order valence-corrected chi connectivity index (χ1v) is 7.25. The van der Waals surface area contributed by atoms with E-state index in [-0.39, 0.29) is 0 Å². The van der Waals surface area contributed by atoms with Crippen LogP contribution in [0.15, 0.2) is 30.3 Å². The van der Waals surface area contributed by atoms with Crippen LogP contribution in [0.1, 0.15) is 26.3 Å². The molecule has 0 bridgehead atoms. The predicted molar refractivity (Wildman–Crippen MR) is 75.2 cm³/mol. The van der Waals surface area contributed by atoms with Gasteiger partial charge in [0.25, 0.3) is 0 Å². The van der Waals surface area contributed by atoms with E-state index in [0.29, 0.717) is 12.1 Å². The Morgan fingerprint density at radius 3 is 2.44 bits per heavy atom. The number of hydrogen-bond donors (Lipinski definition) is 1. The summed E-state index contributed by atoms with van der Waals surface area (Å²) in [6, 6.07) is 11.9. The van der Waals surface area contributed by atoms with Gasteiger partial charge in [-0.05, 0) is 17.7 Å². The molecule has 0 aliphatic carbocycles. The Morgan fingerprint density at radius 1 is 1.19 bits per heavy atom. The molecule has 0 heterocycles. The average Bonchev–Trinajstić information content (AvgIpc) is 2.26. The van der Waals surface area contributed by atoms with Crippen LogP contribution in [0.5, 0.6) is 0 Å². The standard InChI is InChI=1S/C14H23NS/c1-4-16-11-14(15-12(2)3)10-13-8-6-5-7-9-13/h5-9,12,14-15H,4,10-11H2,1-3H3/t14-/m0/s1. The van der Waals surface area contributed by atoms with Crippen molar-refractivity contribution in [1.29, 1.82) is 0 Å². The molecule has 0 fully saturated rings. The molecule has 1 N–H and O–H groups in total. The van der Waals surface area contributed by atoms with Crippen molar-refractivity contribution >= 4 is 11.8 Å². The topological polar surface area (TPSA) is 12.0 Å². The Bertz CT molecular complexity index is 271. The van der Waals surface area contributed by atoms with Crippen LogP contribution in [0.2, 0.25) is 0 Å². The maximum atomic E-state index is 3.64. The highest BCUT2D eigenvalue weighted by atomic mass is 32.2. The highest BCUT2D eigenvalue weighted by molar-refractivity contribution is 7.99. The minimum Gasteiger partial charge on any atom is -0.311 e. The Labute approximate surface area is 104 Å². The molecule has 1 atom stereocenters. The van der Waals surface area contributed by atoms with Gasteiger partial charge in [0, 0.05) is 17.8 Å². The smallest absolute Gasteiger partial charge is 0.0200 e. The SMILES string of the molecule is CCSC[C@H](Cc1ccccc1)NC(C)C. The quantitative estimate of drug-likeness (QED) is 0.780. The Hall–Kier alpha value is -0.470. The fourth-order valence-corrected chi connectivity index (χ4v) is 2.53. The van der Waals surface area contributed by atoms with E-state index in [4.69, 9.17) is 0 Å². The first-order valence-electron chi connectivity index (χ1n) is 6.10. The molecule has 1 rings (SSSR count). The zero-order valence-electron chi connectivity index (χ0n) is 10.6. The summed E-state index contributed by atoms with van der Waals surface area (Å²) >= 11 is 2.01. The van der Waals surface area contributed by atoms with Crippen LogP contribution in [0.25, 0.3) is 0 Å². The summed E-state index contributed by atoms with van der Waals surface area (Å²) in [4.78, 5) is 0. The number of hydrogen-bond acceptors (Lipinski definition) is 2. The highest BCUT2D eigenvalue weighted by Crippen LogP contribution is 2.09. The van der Waals surface area contributed by atoms with Gasteiger partial charge >= 0.3 is 0 Å². The number of benzene rings is 1. The van der Waals surface area contributed by atoms with E-state index in [1.165, 1.54) is 17.1 Å². The molecule has 0 radical (unpaired) electrons. The molecule has 0 aliphatic heterocycles. The van der Waals surface area contributed by atoms with Crippen LogP contribution in [0.4, 0.5) is 0 Å². The molecule has 0 aromatic heterocycles. The van der Waals surface area contributed by atoms with Gasteiger partial charge in [0.2, 0.25) is 0 Å². The molecule has 0 spiro atoms. The maximum Gasteiger partial charge on any atom is 0.0200 e. The van der Waals surface area contributed by atoms with Gasteiger partial charge in [0.15, 0.2) is 0 Å². The zero-order valence-corrected chi connectivity index (χ0v) is 11.4. The molecular weight excluding hydrogens is 214 g/mol.